The topological polar surface area (TPSA) is 329 Å². The zero-order chi connectivity index (χ0) is 39.5. The highest BCUT2D eigenvalue weighted by Gasteiger charge is 2.43. The Kier molecular flexibility index (Phi) is 16.1. The van der Waals surface area contributed by atoms with E-state index in [1.165, 1.54) is 6.20 Å². The van der Waals surface area contributed by atoms with Gasteiger partial charge in [0.2, 0.25) is 11.8 Å². The molecule has 10 N–H and O–H groups in total. The molecule has 3 aliphatic heterocycles. The Balaban J connectivity index is 1.08. The third-order valence-corrected chi connectivity index (χ3v) is 13.6. The van der Waals surface area contributed by atoms with Crippen molar-refractivity contribution in [2.24, 2.45) is 0 Å². The molecule has 0 aromatic carbocycles. The lowest BCUT2D eigenvalue weighted by atomic mass is 10.0. The van der Waals surface area contributed by atoms with Crippen molar-refractivity contribution in [3.8, 4) is 11.8 Å². The van der Waals surface area contributed by atoms with E-state index in [1.807, 2.05) is 11.8 Å². The second-order valence-electron chi connectivity index (χ2n) is 12.5. The lowest BCUT2D eigenvalue weighted by Gasteiger charge is -2.19. The number of phosphoric acid groups is 3. The molecular weight excluding hydrogens is 799 g/mol. The summed E-state index contributed by atoms with van der Waals surface area (Å²) in [6.45, 7) is -0.162. The summed E-state index contributed by atoms with van der Waals surface area (Å²) in [7, 11) is -16.6. The predicted molar refractivity (Wildman–Crippen MR) is 191 cm³/mol. The van der Waals surface area contributed by atoms with Gasteiger partial charge in [0.25, 0.3) is 0 Å². The minimum absolute atomic E-state index is 0.00186. The molecule has 3 saturated heterocycles. The van der Waals surface area contributed by atoms with Crippen LogP contribution in [-0.2, 0) is 41.2 Å². The van der Waals surface area contributed by atoms with Crippen LogP contribution in [0.3, 0.4) is 0 Å². The fourth-order valence-electron chi connectivity index (χ4n) is 5.83. The molecule has 3 fully saturated rings. The molecule has 4 amide bonds. The summed E-state index contributed by atoms with van der Waals surface area (Å²) in [6.07, 6.45) is 5.30. The van der Waals surface area contributed by atoms with Crippen LogP contribution < -0.4 is 32.7 Å². The highest BCUT2D eigenvalue weighted by molar-refractivity contribution is 8.00. The van der Waals surface area contributed by atoms with E-state index in [-0.39, 0.29) is 67.1 Å². The Labute approximate surface area is 313 Å². The van der Waals surface area contributed by atoms with E-state index in [4.69, 9.17) is 20.3 Å². The lowest BCUT2D eigenvalue weighted by molar-refractivity contribution is -0.122. The third kappa shape index (κ3) is 14.7. The number of nitrogens with two attached hydrogens (primary N) is 1. The Bertz CT molecular complexity index is 1790. The van der Waals surface area contributed by atoms with E-state index in [0.29, 0.717) is 24.6 Å². The van der Waals surface area contributed by atoms with E-state index in [2.05, 4.69) is 51.2 Å². The summed E-state index contributed by atoms with van der Waals surface area (Å²) in [5.41, 5.74) is 5.23. The van der Waals surface area contributed by atoms with Crippen LogP contribution in [-0.4, -0.2) is 95.9 Å². The average Bonchev–Trinajstić information content (AvgIpc) is 3.78. The maximum Gasteiger partial charge on any atom is 0.490 e. The van der Waals surface area contributed by atoms with Gasteiger partial charge < -0.3 is 51.3 Å². The van der Waals surface area contributed by atoms with Gasteiger partial charge in [0.05, 0.1) is 36.9 Å². The van der Waals surface area contributed by atoms with Gasteiger partial charge in [-0.3, -0.25) is 18.7 Å². The molecule has 54 heavy (non-hydrogen) atoms. The quantitative estimate of drug-likeness (QED) is 0.0378. The van der Waals surface area contributed by atoms with Crippen LogP contribution in [0.5, 0.6) is 0 Å². The number of nitrogen functional groups attached to an aromatic ring is 1. The molecule has 2 unspecified atom stereocenters. The van der Waals surface area contributed by atoms with Crippen LogP contribution in [0.15, 0.2) is 11.0 Å². The minimum atomic E-state index is -5.67. The second-order valence-corrected chi connectivity index (χ2v) is 18.2. The average molecular weight is 844 g/mol. The summed E-state index contributed by atoms with van der Waals surface area (Å²) in [5, 5.41) is 11.9. The molecule has 22 nitrogen and oxygen atoms in total. The van der Waals surface area contributed by atoms with Crippen molar-refractivity contribution in [1.82, 2.24) is 30.8 Å². The number of nitrogens with zero attached hydrogens (tertiary/aromatic N) is 2. The second kappa shape index (κ2) is 19.9. The van der Waals surface area contributed by atoms with Gasteiger partial charge >= 0.3 is 35.2 Å². The summed E-state index contributed by atoms with van der Waals surface area (Å²) in [5.74, 6) is 6.00. The number of anilines is 1. The maximum atomic E-state index is 12.5. The largest absolute Gasteiger partial charge is 0.490 e. The lowest BCUT2D eigenvalue weighted by Crippen LogP contribution is -2.36. The molecule has 3 aliphatic rings. The van der Waals surface area contributed by atoms with Gasteiger partial charge in [-0.25, -0.2) is 23.3 Å². The van der Waals surface area contributed by atoms with Crippen molar-refractivity contribution < 1.29 is 65.5 Å². The first-order valence-electron chi connectivity index (χ1n) is 16.9. The van der Waals surface area contributed by atoms with E-state index in [1.54, 1.807) is 0 Å². The number of amides is 4. The fraction of sp³-hybridized carbons (Fsp3) is 0.679. The minimum Gasteiger partial charge on any atom is -0.382 e. The molecular formula is C28H44N7O15P3S. The van der Waals surface area contributed by atoms with Crippen molar-refractivity contribution in [3.05, 3.63) is 22.2 Å². The molecule has 4 heterocycles. The number of nitrogens with one attached hydrogen (secondary N) is 4. The molecule has 26 heteroatoms. The standard InChI is InChI=1S/C28H44N7O15P3S/c29-26-18(15-35(28(39)34-26)24-12-11-19(48-24)16-47-52(43,44)50-53(45,46)49-51(40,41)42)7-6-14-31-22(36)9-2-1-5-13-30-23(37)10-4-3-8-21-25-20(17-54-21)32-27(38)33-25/h15,19-21,24-25H,1-5,8-14,16-17H2,(H,30,37)(H,31,36)(H,43,44)(H,45,46)(H2,29,34,39)(H2,32,33,38)(H2,40,41,42)/t19-,20-,21+,24+,25-/m0/s1. The number of ether oxygens (including phenoxy) is 1. The molecule has 1 aromatic heterocycles. The fourth-order valence-corrected chi connectivity index (χ4v) is 10.4. The number of carbonyl (C=O) groups excluding carboxylic acids is 3. The van der Waals surface area contributed by atoms with Crippen molar-refractivity contribution in [3.63, 3.8) is 0 Å². The molecule has 4 rings (SSSR count). The van der Waals surface area contributed by atoms with Crippen LogP contribution in [0.4, 0.5) is 10.6 Å². The Morgan fingerprint density at radius 3 is 2.46 bits per heavy atom. The number of urea groups is 1. The highest BCUT2D eigenvalue weighted by atomic mass is 32.2. The normalized spacial score (nSPS) is 24.3. The van der Waals surface area contributed by atoms with E-state index < -0.39 is 48.1 Å². The molecule has 302 valence electrons. The molecule has 0 bridgehead atoms. The predicted octanol–water partition coefficient (Wildman–Crippen LogP) is 0.717. The number of carbonyl (C=O) groups is 3. The van der Waals surface area contributed by atoms with Gasteiger partial charge in [0.15, 0.2) is 0 Å². The Hall–Kier alpha value is -2.83. The number of hydrogen-bond acceptors (Lipinski definition) is 14. The molecule has 1 aromatic rings. The number of hydrogen-bond donors (Lipinski definition) is 9. The van der Waals surface area contributed by atoms with Crippen LogP contribution in [0, 0.1) is 11.8 Å². The molecule has 0 radical (unpaired) electrons. The summed E-state index contributed by atoms with van der Waals surface area (Å²) < 4.78 is 52.9. The zero-order valence-electron chi connectivity index (χ0n) is 28.9. The smallest absolute Gasteiger partial charge is 0.382 e. The number of aromatic nitrogens is 2. The van der Waals surface area contributed by atoms with Crippen LogP contribution in [0.25, 0.3) is 0 Å². The SMILES string of the molecule is Nc1nc(=O)n([C@H]2CC[C@@H](COP(=O)(O)OP(=O)(O)OP(=O)(O)O)O2)cc1C#CCNC(=O)CCCCCNC(=O)CCCC[C@H]1SC[C@@H]2NC(=O)N[C@@H]21. The van der Waals surface area contributed by atoms with Crippen molar-refractivity contribution in [2.45, 2.75) is 93.9 Å². The summed E-state index contributed by atoms with van der Waals surface area (Å²) in [4.78, 5) is 88.3. The highest BCUT2D eigenvalue weighted by Crippen LogP contribution is 2.66. The van der Waals surface area contributed by atoms with Gasteiger partial charge in [0.1, 0.15) is 12.0 Å². The van der Waals surface area contributed by atoms with E-state index in [9.17, 15) is 42.7 Å². The molecule has 0 saturated carbocycles. The molecule has 0 aliphatic carbocycles. The molecule has 0 spiro atoms. The number of phosphoric ester groups is 1. The summed E-state index contributed by atoms with van der Waals surface area (Å²) >= 11 is 1.86. The number of unbranched alkanes of at least 4 members (excludes halogenated alkanes) is 3. The van der Waals surface area contributed by atoms with Gasteiger partial charge in [-0.15, -0.1) is 0 Å². The third-order valence-electron chi connectivity index (χ3n) is 8.30. The molecule has 7 atom stereocenters. The van der Waals surface area contributed by atoms with Crippen LogP contribution in [0.1, 0.15) is 76.0 Å². The van der Waals surface area contributed by atoms with Gasteiger partial charge in [-0.05, 0) is 38.5 Å². The number of rotatable bonds is 20. The van der Waals surface area contributed by atoms with Crippen LogP contribution >= 0.6 is 35.2 Å². The maximum absolute atomic E-state index is 12.5. The van der Waals surface area contributed by atoms with Gasteiger partial charge in [-0.1, -0.05) is 24.7 Å². The van der Waals surface area contributed by atoms with Gasteiger partial charge in [-0.2, -0.15) is 25.4 Å². The van der Waals surface area contributed by atoms with E-state index in [0.717, 1.165) is 42.4 Å². The Morgan fingerprint density at radius 2 is 1.72 bits per heavy atom. The number of thioether (sulfide) groups is 1. The number of fused-ring (bicyclic) bond motifs is 1. The summed E-state index contributed by atoms with van der Waals surface area (Å²) in [6, 6.07) is 0.262. The van der Waals surface area contributed by atoms with E-state index >= 15 is 0 Å². The van der Waals surface area contributed by atoms with Crippen molar-refractivity contribution >= 4 is 58.9 Å². The monoisotopic (exact) mass is 843 g/mol. The first kappa shape index (κ1) is 43.9. The Morgan fingerprint density at radius 1 is 1.00 bits per heavy atom. The first-order valence-corrected chi connectivity index (χ1v) is 22.5. The van der Waals surface area contributed by atoms with Gasteiger partial charge in [0, 0.05) is 36.6 Å². The van der Waals surface area contributed by atoms with Crippen molar-refractivity contribution in [2.75, 3.05) is 31.2 Å². The van der Waals surface area contributed by atoms with Crippen molar-refractivity contribution in [1.29, 1.82) is 0 Å². The zero-order valence-corrected chi connectivity index (χ0v) is 32.4. The first-order chi connectivity index (χ1) is 25.4. The van der Waals surface area contributed by atoms with Crippen LogP contribution in [0.2, 0.25) is 0 Å².